The fourth-order valence-corrected chi connectivity index (χ4v) is 6.36. The Kier molecular flexibility index (Phi) is 7.57. The smallest absolute Gasteiger partial charge is 0.160 e. The van der Waals surface area contributed by atoms with Gasteiger partial charge in [0.2, 0.25) is 0 Å². The maximum Gasteiger partial charge on any atom is 0.160 e. The molecule has 0 amide bonds. The van der Waals surface area contributed by atoms with Gasteiger partial charge in [-0.2, -0.15) is 0 Å². The van der Waals surface area contributed by atoms with Crippen LogP contribution in [0.4, 0.5) is 0 Å². The van der Waals surface area contributed by atoms with Gasteiger partial charge in [-0.05, 0) is 53.4 Å². The summed E-state index contributed by atoms with van der Waals surface area (Å²) in [5, 5.41) is 2.17. The molecule has 8 rings (SSSR count). The summed E-state index contributed by atoms with van der Waals surface area (Å²) < 4.78 is 0. The van der Waals surface area contributed by atoms with E-state index in [4.69, 9.17) is 19.9 Å². The molecule has 4 nitrogen and oxygen atoms in total. The molecule has 0 atom stereocenters. The van der Waals surface area contributed by atoms with Crippen LogP contribution < -0.4 is 0 Å². The fourth-order valence-electron chi connectivity index (χ4n) is 6.36. The van der Waals surface area contributed by atoms with Gasteiger partial charge in [-0.3, -0.25) is 4.98 Å². The predicted molar refractivity (Wildman–Crippen MR) is 203 cm³/mol. The molecular formula is C45H36N4. The van der Waals surface area contributed by atoms with Gasteiger partial charge in [-0.15, -0.1) is 0 Å². The number of aryl methyl sites for hydroxylation is 1. The molecule has 3 aromatic heterocycles. The van der Waals surface area contributed by atoms with Crippen LogP contribution >= 0.6 is 0 Å². The first-order chi connectivity index (χ1) is 23.8. The van der Waals surface area contributed by atoms with Gasteiger partial charge in [0.15, 0.2) is 5.82 Å². The summed E-state index contributed by atoms with van der Waals surface area (Å²) in [4.78, 5) is 20.5. The van der Waals surface area contributed by atoms with Crippen LogP contribution in [0.25, 0.3) is 78.0 Å². The quantitative estimate of drug-likeness (QED) is 0.177. The Bertz CT molecular complexity index is 2460. The van der Waals surface area contributed by atoms with Crippen molar-refractivity contribution in [3.63, 3.8) is 0 Å². The zero-order valence-corrected chi connectivity index (χ0v) is 28.1. The molecule has 0 aliphatic rings. The minimum absolute atomic E-state index is 0.148. The fraction of sp³-hybridized carbons (Fsp3) is 0.111. The molecule has 0 unspecified atom stereocenters. The van der Waals surface area contributed by atoms with Gasteiger partial charge in [-0.1, -0.05) is 142 Å². The Morgan fingerprint density at radius 3 is 1.69 bits per heavy atom. The van der Waals surface area contributed by atoms with E-state index in [1.807, 2.05) is 31.2 Å². The molecule has 4 heteroatoms. The summed E-state index contributed by atoms with van der Waals surface area (Å²) in [5.41, 5.74) is 13.1. The average Bonchev–Trinajstić information content (AvgIpc) is 3.14. The number of fused-ring (bicyclic) bond motifs is 3. The minimum atomic E-state index is -0.148. The van der Waals surface area contributed by atoms with Crippen LogP contribution in [0, 0.1) is 6.92 Å². The van der Waals surface area contributed by atoms with Crippen molar-refractivity contribution >= 4 is 21.8 Å². The van der Waals surface area contributed by atoms with Crippen molar-refractivity contribution in [2.24, 2.45) is 0 Å². The van der Waals surface area contributed by atoms with Crippen molar-refractivity contribution in [2.45, 2.75) is 33.1 Å². The highest BCUT2D eigenvalue weighted by Gasteiger charge is 2.21. The molecule has 5 aromatic carbocycles. The van der Waals surface area contributed by atoms with E-state index in [1.54, 1.807) is 0 Å². The normalized spacial score (nSPS) is 11.7. The molecule has 0 aliphatic carbocycles. The van der Waals surface area contributed by atoms with E-state index in [2.05, 4.69) is 142 Å². The molecule has 236 valence electrons. The van der Waals surface area contributed by atoms with Gasteiger partial charge in [0.1, 0.15) is 0 Å². The predicted octanol–water partition coefficient (Wildman–Crippen LogP) is 11.5. The van der Waals surface area contributed by atoms with Crippen molar-refractivity contribution in [3.8, 4) is 56.2 Å². The third-order valence-corrected chi connectivity index (χ3v) is 9.06. The first-order valence-electron chi connectivity index (χ1n) is 16.7. The molecule has 0 saturated heterocycles. The van der Waals surface area contributed by atoms with Crippen molar-refractivity contribution in [2.75, 3.05) is 0 Å². The second kappa shape index (κ2) is 12.2. The van der Waals surface area contributed by atoms with Crippen molar-refractivity contribution < 1.29 is 0 Å². The zero-order valence-electron chi connectivity index (χ0n) is 28.1. The van der Waals surface area contributed by atoms with Crippen LogP contribution in [0.5, 0.6) is 0 Å². The lowest BCUT2D eigenvalue weighted by molar-refractivity contribution is 0.572. The second-order valence-electron chi connectivity index (χ2n) is 13.6. The summed E-state index contributed by atoms with van der Waals surface area (Å²) in [7, 11) is 0. The first kappa shape index (κ1) is 30.3. The monoisotopic (exact) mass is 632 g/mol. The van der Waals surface area contributed by atoms with E-state index in [1.165, 1.54) is 11.1 Å². The molecule has 0 fully saturated rings. The van der Waals surface area contributed by atoms with Crippen LogP contribution in [-0.2, 0) is 5.41 Å². The van der Waals surface area contributed by atoms with Gasteiger partial charge < -0.3 is 0 Å². The summed E-state index contributed by atoms with van der Waals surface area (Å²) in [6, 6.07) is 50.8. The Morgan fingerprint density at radius 2 is 1.00 bits per heavy atom. The third kappa shape index (κ3) is 5.98. The molecule has 0 bridgehead atoms. The number of hydrogen-bond acceptors (Lipinski definition) is 4. The van der Waals surface area contributed by atoms with Crippen LogP contribution in [-0.4, -0.2) is 19.9 Å². The highest BCUT2D eigenvalue weighted by Crippen LogP contribution is 2.37. The summed E-state index contributed by atoms with van der Waals surface area (Å²) in [6.45, 7) is 8.66. The van der Waals surface area contributed by atoms with Crippen molar-refractivity contribution in [1.29, 1.82) is 0 Å². The highest BCUT2D eigenvalue weighted by atomic mass is 14.9. The third-order valence-electron chi connectivity index (χ3n) is 9.06. The average molecular weight is 633 g/mol. The van der Waals surface area contributed by atoms with Crippen molar-refractivity contribution in [3.05, 3.63) is 157 Å². The van der Waals surface area contributed by atoms with Crippen LogP contribution in [0.3, 0.4) is 0 Å². The number of nitrogens with zero attached hydrogens (tertiary/aromatic N) is 4. The Balaban J connectivity index is 1.29. The highest BCUT2D eigenvalue weighted by molar-refractivity contribution is 6.08. The largest absolute Gasteiger partial charge is 0.251 e. The maximum absolute atomic E-state index is 5.21. The molecule has 0 radical (unpaired) electrons. The van der Waals surface area contributed by atoms with E-state index in [0.29, 0.717) is 5.82 Å². The van der Waals surface area contributed by atoms with Gasteiger partial charge >= 0.3 is 0 Å². The molecule has 3 heterocycles. The molecule has 49 heavy (non-hydrogen) atoms. The number of aromatic nitrogens is 4. The molecule has 0 aliphatic heterocycles. The zero-order chi connectivity index (χ0) is 33.5. The standard InChI is InChI=1S/C45H36N4/c1-29-18-19-34-24-25-37-38(27-41(45(2,3)4)49-43(37)42(34)46-29)35-16-11-17-36(26-35)44-47-39(32-14-9-6-10-15-32)28-40(48-44)33-22-20-31(21-23-33)30-12-7-5-8-13-30/h5-28H,1-4H3. The summed E-state index contributed by atoms with van der Waals surface area (Å²) in [5.74, 6) is 0.683. The number of benzene rings is 5. The van der Waals surface area contributed by atoms with E-state index in [-0.39, 0.29) is 5.41 Å². The summed E-state index contributed by atoms with van der Waals surface area (Å²) >= 11 is 0. The van der Waals surface area contributed by atoms with Crippen molar-refractivity contribution in [1.82, 2.24) is 19.9 Å². The van der Waals surface area contributed by atoms with E-state index >= 15 is 0 Å². The maximum atomic E-state index is 5.21. The van der Waals surface area contributed by atoms with E-state index in [0.717, 1.165) is 72.4 Å². The lowest BCUT2D eigenvalue weighted by atomic mass is 9.88. The second-order valence-corrected chi connectivity index (χ2v) is 13.6. The Morgan fingerprint density at radius 1 is 0.429 bits per heavy atom. The summed E-state index contributed by atoms with van der Waals surface area (Å²) in [6.07, 6.45) is 0. The van der Waals surface area contributed by atoms with Crippen LogP contribution in [0.15, 0.2) is 146 Å². The lowest BCUT2D eigenvalue weighted by Crippen LogP contribution is -2.14. The van der Waals surface area contributed by atoms with Crippen LogP contribution in [0.1, 0.15) is 32.2 Å². The van der Waals surface area contributed by atoms with Gasteiger partial charge in [0, 0.05) is 44.3 Å². The van der Waals surface area contributed by atoms with E-state index in [9.17, 15) is 0 Å². The molecule has 0 N–H and O–H groups in total. The Labute approximate surface area is 287 Å². The topological polar surface area (TPSA) is 51.6 Å². The van der Waals surface area contributed by atoms with E-state index < -0.39 is 0 Å². The molecule has 0 saturated carbocycles. The number of hydrogen-bond donors (Lipinski definition) is 0. The van der Waals surface area contributed by atoms with Gasteiger partial charge in [-0.25, -0.2) is 15.0 Å². The Hall–Kier alpha value is -6.00. The molecular weight excluding hydrogens is 597 g/mol. The minimum Gasteiger partial charge on any atom is -0.251 e. The SMILES string of the molecule is Cc1ccc2ccc3c(-c4cccc(-c5nc(-c6ccccc6)cc(-c6ccc(-c7ccccc7)cc6)n5)c4)cc(C(C)(C)C)nc3c2n1. The number of rotatable bonds is 5. The number of pyridine rings is 2. The molecule has 0 spiro atoms. The lowest BCUT2D eigenvalue weighted by Gasteiger charge is -2.21. The molecule has 8 aromatic rings. The van der Waals surface area contributed by atoms with Gasteiger partial charge in [0.25, 0.3) is 0 Å². The van der Waals surface area contributed by atoms with Gasteiger partial charge in [0.05, 0.1) is 22.4 Å². The van der Waals surface area contributed by atoms with Crippen LogP contribution in [0.2, 0.25) is 0 Å². The first-order valence-corrected chi connectivity index (χ1v) is 16.7.